The number of hydrogen-bond donors (Lipinski definition) is 0. The zero-order chi connectivity index (χ0) is 18.0. The number of rotatable bonds is 5. The van der Waals surface area contributed by atoms with E-state index in [0.717, 1.165) is 23.7 Å². The molecule has 1 aromatic carbocycles. The fraction of sp³-hybridized carbons (Fsp3) is 0.474. The van der Waals surface area contributed by atoms with Crippen LogP contribution in [0.2, 0.25) is 0 Å². The minimum Gasteiger partial charge on any atom is -0.486 e. The van der Waals surface area contributed by atoms with Crippen LogP contribution in [-0.2, 0) is 6.54 Å². The number of carbonyl (C=O) groups excluding carboxylic acids is 1. The second-order valence-electron chi connectivity index (χ2n) is 6.62. The molecule has 2 heterocycles. The Kier molecular flexibility index (Phi) is 4.97. The number of ether oxygens (including phenoxy) is 2. The van der Waals surface area contributed by atoms with Crippen molar-refractivity contribution in [2.24, 2.45) is 0 Å². The molecule has 25 heavy (non-hydrogen) atoms. The van der Waals surface area contributed by atoms with Crippen LogP contribution in [0.5, 0.6) is 11.5 Å². The third kappa shape index (κ3) is 3.62. The first-order chi connectivity index (χ1) is 12.0. The normalized spacial score (nSPS) is 16.1. The number of para-hydroxylation sites is 2. The number of aryl methyl sites for hydroxylation is 1. The second-order valence-corrected chi connectivity index (χ2v) is 6.62. The van der Waals surface area contributed by atoms with Gasteiger partial charge in [0.15, 0.2) is 17.6 Å². The van der Waals surface area contributed by atoms with Crippen molar-refractivity contribution in [3.63, 3.8) is 0 Å². The molecular weight excluding hydrogens is 318 g/mol. The molecule has 3 rings (SSSR count). The maximum Gasteiger partial charge on any atom is 0.257 e. The molecule has 6 heteroatoms. The van der Waals surface area contributed by atoms with Gasteiger partial charge in [-0.25, -0.2) is 0 Å². The van der Waals surface area contributed by atoms with Crippen LogP contribution in [-0.4, -0.2) is 46.9 Å². The van der Waals surface area contributed by atoms with Gasteiger partial charge in [-0.05, 0) is 25.0 Å². The molecule has 0 bridgehead atoms. The minimum absolute atomic E-state index is 0.0362. The number of nitrogens with zero attached hydrogens (tertiary/aromatic N) is 3. The van der Waals surface area contributed by atoms with E-state index in [-0.39, 0.29) is 17.9 Å². The Morgan fingerprint density at radius 2 is 2.08 bits per heavy atom. The van der Waals surface area contributed by atoms with Crippen LogP contribution >= 0.6 is 0 Å². The van der Waals surface area contributed by atoms with Crippen molar-refractivity contribution in [2.45, 2.75) is 39.3 Å². The van der Waals surface area contributed by atoms with E-state index >= 15 is 0 Å². The molecule has 1 atom stereocenters. The number of amides is 1. The summed E-state index contributed by atoms with van der Waals surface area (Å²) in [4.78, 5) is 14.6. The Labute approximate surface area is 148 Å². The highest BCUT2D eigenvalue weighted by Gasteiger charge is 2.26. The maximum absolute atomic E-state index is 12.9. The summed E-state index contributed by atoms with van der Waals surface area (Å²) < 4.78 is 13.5. The van der Waals surface area contributed by atoms with Crippen molar-refractivity contribution in [3.05, 3.63) is 41.7 Å². The Morgan fingerprint density at radius 1 is 1.36 bits per heavy atom. The summed E-state index contributed by atoms with van der Waals surface area (Å²) in [6.07, 6.45) is 1.65. The quantitative estimate of drug-likeness (QED) is 0.837. The van der Waals surface area contributed by atoms with E-state index in [4.69, 9.17) is 9.47 Å². The first-order valence-electron chi connectivity index (χ1n) is 8.70. The van der Waals surface area contributed by atoms with Gasteiger partial charge in [-0.15, -0.1) is 0 Å². The van der Waals surface area contributed by atoms with Crippen LogP contribution < -0.4 is 9.47 Å². The van der Waals surface area contributed by atoms with Gasteiger partial charge < -0.3 is 14.4 Å². The molecule has 6 nitrogen and oxygen atoms in total. The standard InChI is InChI=1S/C19H25N3O3/c1-5-22-11-15(18(20-22)13(2)3)19(23)21(4)10-14-12-24-16-8-6-7-9-17(16)25-14/h6-9,11,13-14H,5,10,12H2,1-4H3/t14-/m1/s1. The summed E-state index contributed by atoms with van der Waals surface area (Å²) in [5.74, 6) is 1.63. The summed E-state index contributed by atoms with van der Waals surface area (Å²) in [5.41, 5.74) is 1.50. The number of fused-ring (bicyclic) bond motifs is 1. The van der Waals surface area contributed by atoms with E-state index in [1.807, 2.05) is 55.9 Å². The Morgan fingerprint density at radius 3 is 2.76 bits per heavy atom. The summed E-state index contributed by atoms with van der Waals surface area (Å²) in [6, 6.07) is 7.59. The number of aromatic nitrogens is 2. The highest BCUT2D eigenvalue weighted by atomic mass is 16.6. The molecule has 0 N–H and O–H groups in total. The second kappa shape index (κ2) is 7.17. The Bertz CT molecular complexity index is 754. The topological polar surface area (TPSA) is 56.6 Å². The smallest absolute Gasteiger partial charge is 0.257 e. The Balaban J connectivity index is 1.71. The zero-order valence-electron chi connectivity index (χ0n) is 15.2. The van der Waals surface area contributed by atoms with Crippen LogP contribution in [0.1, 0.15) is 42.7 Å². The lowest BCUT2D eigenvalue weighted by Gasteiger charge is -2.29. The largest absolute Gasteiger partial charge is 0.486 e. The van der Waals surface area contributed by atoms with Gasteiger partial charge in [0, 0.05) is 19.8 Å². The molecule has 0 radical (unpaired) electrons. The average Bonchev–Trinajstić information content (AvgIpc) is 3.05. The van der Waals surface area contributed by atoms with Crippen LogP contribution in [0.4, 0.5) is 0 Å². The van der Waals surface area contributed by atoms with E-state index in [1.165, 1.54) is 0 Å². The molecule has 1 aliphatic heterocycles. The van der Waals surface area contributed by atoms with Crippen molar-refractivity contribution >= 4 is 5.91 Å². The summed E-state index contributed by atoms with van der Waals surface area (Å²) in [6.45, 7) is 7.75. The van der Waals surface area contributed by atoms with Gasteiger partial charge in [0.1, 0.15) is 6.61 Å². The highest BCUT2D eigenvalue weighted by Crippen LogP contribution is 2.31. The molecule has 0 aliphatic carbocycles. The van der Waals surface area contributed by atoms with Gasteiger partial charge in [0.05, 0.1) is 17.8 Å². The predicted octanol–water partition coefficient (Wildman–Crippen LogP) is 2.94. The van der Waals surface area contributed by atoms with Crippen molar-refractivity contribution in [1.29, 1.82) is 0 Å². The summed E-state index contributed by atoms with van der Waals surface area (Å²) >= 11 is 0. The number of hydrogen-bond acceptors (Lipinski definition) is 4. The van der Waals surface area contributed by atoms with E-state index in [0.29, 0.717) is 18.7 Å². The lowest BCUT2D eigenvalue weighted by Crippen LogP contribution is -2.42. The monoisotopic (exact) mass is 343 g/mol. The fourth-order valence-electron chi connectivity index (χ4n) is 2.94. The molecule has 134 valence electrons. The van der Waals surface area contributed by atoms with Gasteiger partial charge >= 0.3 is 0 Å². The van der Waals surface area contributed by atoms with Gasteiger partial charge in [-0.1, -0.05) is 26.0 Å². The van der Waals surface area contributed by atoms with Gasteiger partial charge in [0.2, 0.25) is 0 Å². The van der Waals surface area contributed by atoms with E-state index in [9.17, 15) is 4.79 Å². The van der Waals surface area contributed by atoms with Gasteiger partial charge in [-0.2, -0.15) is 5.10 Å². The summed E-state index contributed by atoms with van der Waals surface area (Å²) in [5, 5.41) is 4.52. The molecule has 0 spiro atoms. The van der Waals surface area contributed by atoms with Gasteiger partial charge in [-0.3, -0.25) is 9.48 Å². The lowest BCUT2D eigenvalue weighted by molar-refractivity contribution is 0.0520. The molecule has 2 aromatic rings. The minimum atomic E-state index is -0.187. The van der Waals surface area contributed by atoms with Crippen LogP contribution in [0, 0.1) is 0 Å². The van der Waals surface area contributed by atoms with Crippen LogP contribution in [0.3, 0.4) is 0 Å². The fourth-order valence-corrected chi connectivity index (χ4v) is 2.94. The third-order valence-corrected chi connectivity index (χ3v) is 4.28. The van der Waals surface area contributed by atoms with Gasteiger partial charge in [0.25, 0.3) is 5.91 Å². The first kappa shape index (κ1) is 17.3. The molecule has 1 aromatic heterocycles. The van der Waals surface area contributed by atoms with E-state index < -0.39 is 0 Å². The van der Waals surface area contributed by atoms with Crippen molar-refractivity contribution in [3.8, 4) is 11.5 Å². The molecule has 0 unspecified atom stereocenters. The molecule has 0 saturated heterocycles. The predicted molar refractivity (Wildman–Crippen MR) is 95.3 cm³/mol. The lowest BCUT2D eigenvalue weighted by atomic mass is 10.1. The highest BCUT2D eigenvalue weighted by molar-refractivity contribution is 5.95. The number of carbonyl (C=O) groups is 1. The first-order valence-corrected chi connectivity index (χ1v) is 8.70. The average molecular weight is 343 g/mol. The third-order valence-electron chi connectivity index (χ3n) is 4.28. The number of benzene rings is 1. The Hall–Kier alpha value is -2.50. The maximum atomic E-state index is 12.9. The molecular formula is C19H25N3O3. The molecule has 1 aliphatic rings. The molecule has 0 saturated carbocycles. The van der Waals surface area contributed by atoms with Crippen molar-refractivity contribution in [2.75, 3.05) is 20.2 Å². The summed E-state index contributed by atoms with van der Waals surface area (Å²) in [7, 11) is 1.79. The molecule has 0 fully saturated rings. The van der Waals surface area contributed by atoms with Crippen LogP contribution in [0.15, 0.2) is 30.5 Å². The SMILES string of the molecule is CCn1cc(C(=O)N(C)C[C@@H]2COc3ccccc3O2)c(C(C)C)n1. The van der Waals surface area contributed by atoms with Crippen LogP contribution in [0.25, 0.3) is 0 Å². The van der Waals surface area contributed by atoms with Crippen molar-refractivity contribution in [1.82, 2.24) is 14.7 Å². The number of likely N-dealkylation sites (N-methyl/N-ethyl adjacent to an activating group) is 1. The van der Waals surface area contributed by atoms with E-state index in [1.54, 1.807) is 11.9 Å². The molecule has 1 amide bonds. The van der Waals surface area contributed by atoms with E-state index in [2.05, 4.69) is 5.10 Å². The van der Waals surface area contributed by atoms with Crippen molar-refractivity contribution < 1.29 is 14.3 Å². The zero-order valence-corrected chi connectivity index (χ0v) is 15.2.